The zero-order chi connectivity index (χ0) is 38.0. The minimum atomic E-state index is -0.861. The molecule has 1 spiro atoms. The van der Waals surface area contributed by atoms with E-state index >= 15 is 0 Å². The highest BCUT2D eigenvalue weighted by molar-refractivity contribution is 5.92. The summed E-state index contributed by atoms with van der Waals surface area (Å²) in [4.78, 5) is 41.8. The average Bonchev–Trinajstić information content (AvgIpc) is 3.74. The number of hydrogen-bond donors (Lipinski definition) is 1. The van der Waals surface area contributed by atoms with Gasteiger partial charge in [-0.25, -0.2) is 9.18 Å². The van der Waals surface area contributed by atoms with Crippen LogP contribution < -0.4 is 15.0 Å². The molecule has 0 saturated carbocycles. The number of carbonyl (C=O) groups excluding carboxylic acids is 2. The Morgan fingerprint density at radius 3 is 2.74 bits per heavy atom. The molecule has 14 heteroatoms. The fourth-order valence-corrected chi connectivity index (χ4v) is 9.22. The van der Waals surface area contributed by atoms with Crippen LogP contribution in [0.25, 0.3) is 0 Å². The summed E-state index contributed by atoms with van der Waals surface area (Å²) < 4.78 is 35.7. The Hall–Kier alpha value is -4.30. The van der Waals surface area contributed by atoms with Gasteiger partial charge in [0, 0.05) is 57.8 Å². The molecule has 4 aliphatic heterocycles. The van der Waals surface area contributed by atoms with E-state index < -0.39 is 23.5 Å². The number of alkyl halides is 1. The summed E-state index contributed by atoms with van der Waals surface area (Å²) in [5, 5.41) is 7.58. The molecule has 2 amide bonds. The molecule has 8 rings (SSSR count). The third-order valence-electron chi connectivity index (χ3n) is 11.9. The van der Waals surface area contributed by atoms with Gasteiger partial charge in [-0.1, -0.05) is 13.0 Å². The SMILES string of the molecule is C[C@H]1CCC2(Cc3nc(OC[C@@]45CCCN4C[C@H](F)C5)nc(N4CCCn5nc(C(=O)N(C)C)cc5C4)c3CO2)c2cc(NC(=O)OC(C)(C)C)ccc21. The zero-order valence-corrected chi connectivity index (χ0v) is 32.4. The van der Waals surface area contributed by atoms with Crippen LogP contribution in [-0.4, -0.2) is 99.2 Å². The van der Waals surface area contributed by atoms with Crippen molar-refractivity contribution in [3.8, 4) is 6.01 Å². The molecule has 2 fully saturated rings. The molecule has 1 aromatic carbocycles. The van der Waals surface area contributed by atoms with Crippen LogP contribution >= 0.6 is 0 Å². The Balaban J connectivity index is 1.15. The number of benzene rings is 1. The third-order valence-corrected chi connectivity index (χ3v) is 11.9. The molecule has 13 nitrogen and oxygen atoms in total. The molecular weight excluding hydrogens is 691 g/mol. The van der Waals surface area contributed by atoms with E-state index in [2.05, 4.69) is 33.2 Å². The molecule has 6 heterocycles. The minimum absolute atomic E-state index is 0.134. The quantitative estimate of drug-likeness (QED) is 0.324. The summed E-state index contributed by atoms with van der Waals surface area (Å²) in [6, 6.07) is 8.22. The van der Waals surface area contributed by atoms with Crippen molar-refractivity contribution in [2.75, 3.05) is 50.6 Å². The van der Waals surface area contributed by atoms with Crippen LogP contribution in [0, 0.1) is 0 Å². The number of halogens is 1. The van der Waals surface area contributed by atoms with Crippen molar-refractivity contribution in [3.63, 3.8) is 0 Å². The van der Waals surface area contributed by atoms with E-state index in [0.717, 1.165) is 73.5 Å². The van der Waals surface area contributed by atoms with Gasteiger partial charge in [0.05, 0.1) is 35.7 Å². The third kappa shape index (κ3) is 6.91. The minimum Gasteiger partial charge on any atom is -0.461 e. The Bertz CT molecular complexity index is 1950. The molecule has 54 heavy (non-hydrogen) atoms. The van der Waals surface area contributed by atoms with Crippen LogP contribution in [0.4, 0.5) is 20.7 Å². The van der Waals surface area contributed by atoms with Crippen molar-refractivity contribution in [1.82, 2.24) is 29.5 Å². The number of fused-ring (bicyclic) bond motifs is 5. The van der Waals surface area contributed by atoms with Gasteiger partial charge in [0.1, 0.15) is 24.2 Å². The van der Waals surface area contributed by atoms with Crippen LogP contribution in [-0.2, 0) is 41.2 Å². The van der Waals surface area contributed by atoms with Gasteiger partial charge in [-0.05, 0) is 94.7 Å². The second kappa shape index (κ2) is 13.8. The normalized spacial score (nSPS) is 26.4. The van der Waals surface area contributed by atoms with E-state index in [-0.39, 0.29) is 17.5 Å². The predicted molar refractivity (Wildman–Crippen MR) is 201 cm³/mol. The molecule has 1 aliphatic carbocycles. The predicted octanol–water partition coefficient (Wildman–Crippen LogP) is 5.95. The van der Waals surface area contributed by atoms with Crippen molar-refractivity contribution in [1.29, 1.82) is 0 Å². The maximum absolute atomic E-state index is 14.7. The van der Waals surface area contributed by atoms with Gasteiger partial charge < -0.3 is 24.0 Å². The Morgan fingerprint density at radius 2 is 1.94 bits per heavy atom. The summed E-state index contributed by atoms with van der Waals surface area (Å²) in [5.74, 6) is 0.933. The molecule has 4 atom stereocenters. The number of nitrogens with zero attached hydrogens (tertiary/aromatic N) is 7. The van der Waals surface area contributed by atoms with Crippen LogP contribution in [0.15, 0.2) is 24.3 Å². The first kappa shape index (κ1) is 36.7. The number of ether oxygens (including phenoxy) is 3. The van der Waals surface area contributed by atoms with Crippen molar-refractivity contribution in [2.45, 2.75) is 121 Å². The lowest BCUT2D eigenvalue weighted by molar-refractivity contribution is -0.0872. The number of amides is 2. The van der Waals surface area contributed by atoms with E-state index in [9.17, 15) is 14.0 Å². The Kier molecular flexibility index (Phi) is 9.35. The zero-order valence-electron chi connectivity index (χ0n) is 32.4. The van der Waals surface area contributed by atoms with Crippen LogP contribution in [0.3, 0.4) is 0 Å². The molecule has 2 aromatic heterocycles. The van der Waals surface area contributed by atoms with Crippen molar-refractivity contribution in [2.24, 2.45) is 0 Å². The summed E-state index contributed by atoms with van der Waals surface area (Å²) in [6.45, 7) is 11.6. The second-order valence-electron chi connectivity index (χ2n) is 17.2. The van der Waals surface area contributed by atoms with Crippen LogP contribution in [0.1, 0.15) is 111 Å². The van der Waals surface area contributed by atoms with Crippen molar-refractivity contribution in [3.05, 3.63) is 58.0 Å². The number of anilines is 2. The monoisotopic (exact) mass is 744 g/mol. The van der Waals surface area contributed by atoms with Gasteiger partial charge in [0.15, 0.2) is 5.69 Å². The summed E-state index contributed by atoms with van der Waals surface area (Å²) in [6.07, 6.45) is 4.03. The number of aromatic nitrogens is 4. The first-order valence-electron chi connectivity index (χ1n) is 19.4. The maximum Gasteiger partial charge on any atom is 0.412 e. The molecule has 0 radical (unpaired) electrons. The number of hydrogen-bond acceptors (Lipinski definition) is 10. The smallest absolute Gasteiger partial charge is 0.412 e. The lowest BCUT2D eigenvalue weighted by Gasteiger charge is -2.44. The Morgan fingerprint density at radius 1 is 1.11 bits per heavy atom. The lowest BCUT2D eigenvalue weighted by atomic mass is 9.71. The summed E-state index contributed by atoms with van der Waals surface area (Å²) >= 11 is 0. The number of aryl methyl sites for hydroxylation is 1. The number of rotatable bonds is 6. The molecule has 1 unspecified atom stereocenters. The molecule has 3 aromatic rings. The topological polar surface area (TPSA) is 127 Å². The first-order chi connectivity index (χ1) is 25.7. The van der Waals surface area contributed by atoms with Gasteiger partial charge in [0.25, 0.3) is 5.91 Å². The summed E-state index contributed by atoms with van der Waals surface area (Å²) in [5.41, 5.74) is 4.38. The van der Waals surface area contributed by atoms with Crippen molar-refractivity contribution >= 4 is 23.5 Å². The summed E-state index contributed by atoms with van der Waals surface area (Å²) in [7, 11) is 3.46. The lowest BCUT2D eigenvalue weighted by Crippen LogP contribution is -2.44. The molecule has 2 saturated heterocycles. The number of carbonyl (C=O) groups is 2. The van der Waals surface area contributed by atoms with Gasteiger partial charge in [-0.15, -0.1) is 0 Å². The van der Waals surface area contributed by atoms with Crippen LogP contribution in [0.2, 0.25) is 0 Å². The standard InChI is InChI=1S/C40H53FN8O5/c1-25-11-13-40(31-17-27(9-10-29(25)31)42-37(51)54-38(2,3)4)20-33-30(23-53-40)34(44-36(43-33)52-24-39-12-7-15-48(39)21-26(41)19-39)47-14-8-16-49-28(22-47)18-32(45-49)35(50)46(5)6/h9-10,17-18,25-26H,7-8,11-16,19-24H2,1-6H3,(H,42,51)/t25-,26+,39-,40?/m0/s1. The molecule has 5 aliphatic rings. The number of nitrogens with one attached hydrogen (secondary N) is 1. The fraction of sp³-hybridized carbons (Fsp3) is 0.625. The highest BCUT2D eigenvalue weighted by atomic mass is 19.1. The van der Waals surface area contributed by atoms with Gasteiger partial charge in [0.2, 0.25) is 0 Å². The average molecular weight is 745 g/mol. The van der Waals surface area contributed by atoms with E-state index in [1.165, 1.54) is 5.56 Å². The molecule has 0 bridgehead atoms. The fourth-order valence-electron chi connectivity index (χ4n) is 9.22. The van der Waals surface area contributed by atoms with E-state index in [0.29, 0.717) is 63.0 Å². The van der Waals surface area contributed by atoms with Gasteiger partial charge >= 0.3 is 12.1 Å². The van der Waals surface area contributed by atoms with E-state index in [4.69, 9.17) is 24.2 Å². The highest BCUT2D eigenvalue weighted by Crippen LogP contribution is 2.50. The highest BCUT2D eigenvalue weighted by Gasteiger charge is 2.50. The largest absolute Gasteiger partial charge is 0.461 e. The molecule has 290 valence electrons. The second-order valence-corrected chi connectivity index (χ2v) is 17.2. The van der Waals surface area contributed by atoms with Gasteiger partial charge in [-0.2, -0.15) is 15.1 Å². The molecule has 1 N–H and O–H groups in total. The van der Waals surface area contributed by atoms with Crippen molar-refractivity contribution < 1.29 is 28.2 Å². The van der Waals surface area contributed by atoms with E-state index in [1.54, 1.807) is 19.0 Å². The molecular formula is C40H53FN8O5. The Labute approximate surface area is 316 Å². The van der Waals surface area contributed by atoms with Crippen LogP contribution in [0.5, 0.6) is 6.01 Å². The van der Waals surface area contributed by atoms with E-state index in [1.807, 2.05) is 43.7 Å². The maximum atomic E-state index is 14.7. The van der Waals surface area contributed by atoms with Gasteiger partial charge in [-0.3, -0.25) is 19.7 Å². The first-order valence-corrected chi connectivity index (χ1v) is 19.4.